The average molecular weight is 456 g/mol. The van der Waals surface area contributed by atoms with Crippen molar-refractivity contribution in [2.45, 2.75) is 13.0 Å². The lowest BCUT2D eigenvalue weighted by Crippen LogP contribution is -2.29. The number of esters is 1. The van der Waals surface area contributed by atoms with Crippen LogP contribution in [0.2, 0.25) is 0 Å². The summed E-state index contributed by atoms with van der Waals surface area (Å²) in [4.78, 5) is 51.5. The number of Topliss-reactive ketones (excluding diaryl/α,β-unsaturated/α-hetero) is 1. The Morgan fingerprint density at radius 3 is 2.39 bits per heavy atom. The number of amides is 2. The summed E-state index contributed by atoms with van der Waals surface area (Å²) >= 11 is 6.96. The van der Waals surface area contributed by atoms with Gasteiger partial charge >= 0.3 is 5.97 Å². The fourth-order valence-electron chi connectivity index (χ4n) is 3.06. The van der Waals surface area contributed by atoms with Crippen LogP contribution >= 0.6 is 22.9 Å². The molecule has 1 aliphatic rings. The molecular formula is C21H14ClN3O5S. The average Bonchev–Trinajstić information content (AvgIpc) is 3.32. The minimum Gasteiger partial charge on any atom is -0.449 e. The molecule has 1 aromatic heterocycles. The second kappa shape index (κ2) is 8.37. The van der Waals surface area contributed by atoms with Gasteiger partial charge in [0.2, 0.25) is 10.9 Å². The van der Waals surface area contributed by atoms with E-state index in [1.807, 2.05) is 0 Å². The van der Waals surface area contributed by atoms with E-state index in [1.165, 1.54) is 18.2 Å². The van der Waals surface area contributed by atoms with Crippen LogP contribution in [0, 0.1) is 6.92 Å². The Morgan fingerprint density at radius 1 is 1.03 bits per heavy atom. The zero-order valence-corrected chi connectivity index (χ0v) is 17.6. The van der Waals surface area contributed by atoms with Gasteiger partial charge in [0, 0.05) is 5.56 Å². The highest BCUT2D eigenvalue weighted by Crippen LogP contribution is 2.31. The molecule has 2 amide bonds. The van der Waals surface area contributed by atoms with Crippen molar-refractivity contribution in [3.63, 3.8) is 0 Å². The summed E-state index contributed by atoms with van der Waals surface area (Å²) in [5.74, 6) is -2.65. The van der Waals surface area contributed by atoms with Gasteiger partial charge in [-0.2, -0.15) is 0 Å². The number of rotatable bonds is 6. The van der Waals surface area contributed by atoms with Gasteiger partial charge in [0.25, 0.3) is 11.8 Å². The first kappa shape index (κ1) is 20.8. The van der Waals surface area contributed by atoms with Crippen LogP contribution in [0.5, 0.6) is 0 Å². The summed E-state index contributed by atoms with van der Waals surface area (Å²) in [6.45, 7) is 1.71. The zero-order valence-electron chi connectivity index (χ0n) is 16.1. The molecule has 156 valence electrons. The molecule has 0 saturated heterocycles. The van der Waals surface area contributed by atoms with Gasteiger partial charge in [-0.15, -0.1) is 21.8 Å². The number of carbonyl (C=O) groups excluding carboxylic acids is 4. The Kier molecular flexibility index (Phi) is 5.62. The van der Waals surface area contributed by atoms with Gasteiger partial charge in [-0.3, -0.25) is 14.4 Å². The van der Waals surface area contributed by atoms with Crippen LogP contribution in [0.3, 0.4) is 0 Å². The minimum absolute atomic E-state index is 0.0196. The molecule has 0 saturated carbocycles. The summed E-state index contributed by atoms with van der Waals surface area (Å²) in [6, 6.07) is 12.3. The summed E-state index contributed by atoms with van der Waals surface area (Å²) in [5, 5.41) is 8.43. The van der Waals surface area contributed by atoms with Crippen molar-refractivity contribution in [3.8, 4) is 0 Å². The number of anilines is 1. The molecule has 3 aromatic rings. The molecule has 31 heavy (non-hydrogen) atoms. The largest absolute Gasteiger partial charge is 0.449 e. The monoisotopic (exact) mass is 455 g/mol. The summed E-state index contributed by atoms with van der Waals surface area (Å²) in [5.41, 5.74) is 0.567. The molecule has 1 aliphatic heterocycles. The van der Waals surface area contributed by atoms with Gasteiger partial charge in [0.1, 0.15) is 5.01 Å². The number of carbonyl (C=O) groups is 4. The standard InChI is InChI=1S/C21H14ClN3O5S/c1-11-23-24-21(31-11)25-18(27)14-8-7-13(9-15(14)19(25)28)20(29)30-16(10-22)17(26)12-5-3-2-4-6-12/h2-9,16H,10H2,1H3/t16-/m0/s1. The molecule has 4 rings (SSSR count). The number of ether oxygens (including phenoxy) is 1. The third-order valence-corrected chi connectivity index (χ3v) is 5.67. The molecule has 0 unspecified atom stereocenters. The highest BCUT2D eigenvalue weighted by molar-refractivity contribution is 7.15. The van der Waals surface area contributed by atoms with E-state index in [1.54, 1.807) is 37.3 Å². The van der Waals surface area contributed by atoms with E-state index in [0.29, 0.717) is 10.6 Å². The quantitative estimate of drug-likeness (QED) is 0.243. The van der Waals surface area contributed by atoms with Crippen LogP contribution in [0.25, 0.3) is 0 Å². The van der Waals surface area contributed by atoms with E-state index in [9.17, 15) is 19.2 Å². The van der Waals surface area contributed by atoms with Gasteiger partial charge in [0.15, 0.2) is 6.10 Å². The topological polar surface area (TPSA) is 107 Å². The van der Waals surface area contributed by atoms with Gasteiger partial charge < -0.3 is 4.74 Å². The molecule has 0 fully saturated rings. The van der Waals surface area contributed by atoms with Crippen LogP contribution < -0.4 is 4.90 Å². The van der Waals surface area contributed by atoms with E-state index in [2.05, 4.69) is 10.2 Å². The van der Waals surface area contributed by atoms with E-state index in [0.717, 1.165) is 16.2 Å². The summed E-state index contributed by atoms with van der Waals surface area (Å²) in [6.07, 6.45) is -1.19. The first-order valence-electron chi connectivity index (χ1n) is 9.10. The Bertz CT molecular complexity index is 1210. The van der Waals surface area contributed by atoms with Crippen molar-refractivity contribution in [1.82, 2.24) is 10.2 Å². The number of halogens is 1. The minimum atomic E-state index is -1.19. The Balaban J connectivity index is 1.56. The van der Waals surface area contributed by atoms with Gasteiger partial charge in [-0.25, -0.2) is 9.69 Å². The number of nitrogens with zero attached hydrogens (tertiary/aromatic N) is 3. The normalized spacial score (nSPS) is 13.8. The van der Waals surface area contributed by atoms with Crippen molar-refractivity contribution >= 4 is 51.6 Å². The maximum absolute atomic E-state index is 12.8. The smallest absolute Gasteiger partial charge is 0.338 e. The fraction of sp³-hybridized carbons (Fsp3) is 0.143. The number of benzene rings is 2. The van der Waals surface area contributed by atoms with Gasteiger partial charge in [0.05, 0.1) is 22.6 Å². The highest BCUT2D eigenvalue weighted by Gasteiger charge is 2.39. The molecule has 0 bridgehead atoms. The SMILES string of the molecule is Cc1nnc(N2C(=O)c3ccc(C(=O)O[C@@H](CCl)C(=O)c4ccccc4)cc3C2=O)s1. The van der Waals surface area contributed by atoms with Crippen molar-refractivity contribution < 1.29 is 23.9 Å². The van der Waals surface area contributed by atoms with Crippen LogP contribution in [0.1, 0.15) is 46.4 Å². The lowest BCUT2D eigenvalue weighted by atomic mass is 10.1. The van der Waals surface area contributed by atoms with E-state index < -0.39 is 29.7 Å². The molecule has 8 nitrogen and oxygen atoms in total. The molecule has 0 spiro atoms. The van der Waals surface area contributed by atoms with Crippen LogP contribution in [-0.4, -0.2) is 45.7 Å². The van der Waals surface area contributed by atoms with Crippen LogP contribution in [-0.2, 0) is 4.74 Å². The van der Waals surface area contributed by atoms with Crippen molar-refractivity contribution in [1.29, 1.82) is 0 Å². The van der Waals surface area contributed by atoms with Crippen LogP contribution in [0.4, 0.5) is 5.13 Å². The number of aromatic nitrogens is 2. The first-order chi connectivity index (χ1) is 14.9. The van der Waals surface area contributed by atoms with Crippen LogP contribution in [0.15, 0.2) is 48.5 Å². The second-order valence-corrected chi connectivity index (χ2v) is 8.06. The maximum Gasteiger partial charge on any atom is 0.338 e. The lowest BCUT2D eigenvalue weighted by Gasteiger charge is -2.14. The Hall–Kier alpha value is -3.43. The third-order valence-electron chi connectivity index (χ3n) is 4.57. The zero-order chi connectivity index (χ0) is 22.1. The van der Waals surface area contributed by atoms with Crippen molar-refractivity contribution in [3.05, 3.63) is 75.8 Å². The van der Waals surface area contributed by atoms with Gasteiger partial charge in [-0.1, -0.05) is 41.7 Å². The number of fused-ring (bicyclic) bond motifs is 1. The summed E-state index contributed by atoms with van der Waals surface area (Å²) < 4.78 is 5.29. The lowest BCUT2D eigenvalue weighted by molar-refractivity contribution is 0.0324. The molecular weight excluding hydrogens is 442 g/mol. The predicted octanol–water partition coefficient (Wildman–Crippen LogP) is 3.29. The molecule has 0 radical (unpaired) electrons. The predicted molar refractivity (Wildman–Crippen MR) is 113 cm³/mol. The van der Waals surface area contributed by atoms with E-state index >= 15 is 0 Å². The number of hydrogen-bond acceptors (Lipinski definition) is 8. The molecule has 1 atom stereocenters. The highest BCUT2D eigenvalue weighted by atomic mass is 35.5. The number of ketones is 1. The van der Waals surface area contributed by atoms with E-state index in [4.69, 9.17) is 16.3 Å². The molecule has 2 aromatic carbocycles. The fourth-order valence-corrected chi connectivity index (χ4v) is 3.95. The third kappa shape index (κ3) is 3.85. The van der Waals surface area contributed by atoms with Crippen molar-refractivity contribution in [2.24, 2.45) is 0 Å². The number of alkyl halides is 1. The van der Waals surface area contributed by atoms with E-state index in [-0.39, 0.29) is 27.7 Å². The molecule has 0 N–H and O–H groups in total. The first-order valence-corrected chi connectivity index (χ1v) is 10.4. The number of aryl methyl sites for hydroxylation is 1. The number of imide groups is 1. The molecule has 2 heterocycles. The molecule has 0 aliphatic carbocycles. The maximum atomic E-state index is 12.8. The van der Waals surface area contributed by atoms with Gasteiger partial charge in [-0.05, 0) is 25.1 Å². The second-order valence-electron chi connectivity index (χ2n) is 6.59. The Labute approximate surface area is 185 Å². The summed E-state index contributed by atoms with van der Waals surface area (Å²) in [7, 11) is 0. The number of hydrogen-bond donors (Lipinski definition) is 0. The molecule has 10 heteroatoms. The Morgan fingerprint density at radius 2 is 1.74 bits per heavy atom. The van der Waals surface area contributed by atoms with Crippen molar-refractivity contribution in [2.75, 3.05) is 10.8 Å².